The molecule has 0 unspecified atom stereocenters. The van der Waals surface area contributed by atoms with Gasteiger partial charge >= 0.3 is 0 Å². The number of aromatic nitrogens is 1. The van der Waals surface area contributed by atoms with E-state index in [1.807, 2.05) is 32.9 Å². The van der Waals surface area contributed by atoms with E-state index in [9.17, 15) is 4.79 Å². The van der Waals surface area contributed by atoms with Crippen molar-refractivity contribution in [1.29, 1.82) is 0 Å². The summed E-state index contributed by atoms with van der Waals surface area (Å²) in [6.07, 6.45) is 0. The number of nitrogens with one attached hydrogen (secondary N) is 1. The number of rotatable bonds is 9. The van der Waals surface area contributed by atoms with Gasteiger partial charge in [0.2, 0.25) is 5.75 Å². The van der Waals surface area contributed by atoms with Crippen molar-refractivity contribution in [1.82, 2.24) is 4.98 Å². The lowest BCUT2D eigenvalue weighted by Crippen LogP contribution is -2.13. The zero-order valence-corrected chi connectivity index (χ0v) is 18.9. The first-order valence-electron chi connectivity index (χ1n) is 10.3. The molecule has 160 valence electrons. The van der Waals surface area contributed by atoms with E-state index in [1.165, 1.54) is 16.9 Å². The highest BCUT2D eigenvalue weighted by Crippen LogP contribution is 2.39. The van der Waals surface area contributed by atoms with Crippen LogP contribution < -0.4 is 19.5 Å². The summed E-state index contributed by atoms with van der Waals surface area (Å²) in [5, 5.41) is 3.48. The van der Waals surface area contributed by atoms with Crippen molar-refractivity contribution in [2.75, 3.05) is 25.1 Å². The van der Waals surface area contributed by atoms with E-state index in [2.05, 4.69) is 30.2 Å². The highest BCUT2D eigenvalue weighted by Gasteiger charge is 2.19. The molecule has 0 atom stereocenters. The predicted molar refractivity (Wildman–Crippen MR) is 122 cm³/mol. The van der Waals surface area contributed by atoms with Crippen molar-refractivity contribution in [2.24, 2.45) is 0 Å². The fourth-order valence-electron chi connectivity index (χ4n) is 3.18. The minimum Gasteiger partial charge on any atom is -0.490 e. The number of carbonyl (C=O) groups excluding carboxylic acids is 1. The summed E-state index contributed by atoms with van der Waals surface area (Å²) in [6.45, 7) is 11.3. The Morgan fingerprint density at radius 3 is 2.23 bits per heavy atom. The molecule has 3 rings (SSSR count). The maximum atomic E-state index is 13.0. The second kappa shape index (κ2) is 9.80. The van der Waals surface area contributed by atoms with E-state index in [0.29, 0.717) is 53.7 Å². The fraction of sp³-hybridized carbons (Fsp3) is 0.391. The van der Waals surface area contributed by atoms with Crippen LogP contribution in [0.4, 0.5) is 5.13 Å². The first-order chi connectivity index (χ1) is 14.5. The maximum absolute atomic E-state index is 13.0. The van der Waals surface area contributed by atoms with Gasteiger partial charge in [0.1, 0.15) is 0 Å². The molecular formula is C23H28N2O4S. The molecule has 0 aliphatic rings. The third-order valence-electron chi connectivity index (χ3n) is 4.46. The lowest BCUT2D eigenvalue weighted by Gasteiger charge is -2.16. The van der Waals surface area contributed by atoms with Gasteiger partial charge in [0, 0.05) is 5.56 Å². The summed E-state index contributed by atoms with van der Waals surface area (Å²) in [4.78, 5) is 17.7. The second-order valence-corrected chi connectivity index (χ2v) is 7.95. The largest absolute Gasteiger partial charge is 0.490 e. The normalized spacial score (nSPS) is 11.0. The second-order valence-electron chi connectivity index (χ2n) is 6.92. The summed E-state index contributed by atoms with van der Waals surface area (Å²) >= 11 is 1.46. The summed E-state index contributed by atoms with van der Waals surface area (Å²) < 4.78 is 18.2. The van der Waals surface area contributed by atoms with Gasteiger partial charge in [-0.2, -0.15) is 0 Å². The van der Waals surface area contributed by atoms with Crippen LogP contribution in [0.2, 0.25) is 0 Å². The number of carbonyl (C=O) groups is 1. The highest BCUT2D eigenvalue weighted by molar-refractivity contribution is 7.22. The lowest BCUT2D eigenvalue weighted by molar-refractivity contribution is 0.102. The van der Waals surface area contributed by atoms with Crippen LogP contribution in [0.15, 0.2) is 30.3 Å². The molecule has 0 saturated heterocycles. The molecule has 1 aromatic heterocycles. The fourth-order valence-corrected chi connectivity index (χ4v) is 4.07. The molecule has 30 heavy (non-hydrogen) atoms. The average molecular weight is 429 g/mol. The topological polar surface area (TPSA) is 69.7 Å². The van der Waals surface area contributed by atoms with E-state index in [0.717, 1.165) is 10.2 Å². The Balaban J connectivity index is 1.94. The number of thiazole rings is 1. The molecule has 0 bridgehead atoms. The number of amides is 1. The zero-order chi connectivity index (χ0) is 21.7. The van der Waals surface area contributed by atoms with Gasteiger partial charge in [-0.15, -0.1) is 0 Å². The molecule has 0 radical (unpaired) electrons. The average Bonchev–Trinajstić information content (AvgIpc) is 3.12. The van der Waals surface area contributed by atoms with Crippen LogP contribution in [0, 0.1) is 0 Å². The van der Waals surface area contributed by atoms with E-state index >= 15 is 0 Å². The number of hydrogen-bond donors (Lipinski definition) is 1. The van der Waals surface area contributed by atoms with E-state index < -0.39 is 0 Å². The van der Waals surface area contributed by atoms with Gasteiger partial charge in [0.15, 0.2) is 16.6 Å². The Morgan fingerprint density at radius 2 is 1.67 bits per heavy atom. The number of hydrogen-bond acceptors (Lipinski definition) is 6. The molecule has 1 heterocycles. The SMILES string of the molecule is CCOc1cc(C(=O)Nc2nc3c(C(C)C)cccc3s2)cc(OCC)c1OCC. The minimum atomic E-state index is -0.273. The molecule has 7 heteroatoms. The van der Waals surface area contributed by atoms with Gasteiger partial charge in [0.05, 0.1) is 30.0 Å². The molecule has 0 aliphatic heterocycles. The van der Waals surface area contributed by atoms with Gasteiger partial charge in [-0.05, 0) is 50.5 Å². The van der Waals surface area contributed by atoms with E-state index in [4.69, 9.17) is 14.2 Å². The minimum absolute atomic E-state index is 0.273. The van der Waals surface area contributed by atoms with Crippen molar-refractivity contribution >= 4 is 32.6 Å². The van der Waals surface area contributed by atoms with Crippen LogP contribution in [0.1, 0.15) is 56.5 Å². The van der Waals surface area contributed by atoms with Gasteiger partial charge < -0.3 is 14.2 Å². The van der Waals surface area contributed by atoms with Crippen molar-refractivity contribution < 1.29 is 19.0 Å². The number of benzene rings is 2. The third-order valence-corrected chi connectivity index (χ3v) is 5.40. The smallest absolute Gasteiger partial charge is 0.257 e. The maximum Gasteiger partial charge on any atom is 0.257 e. The van der Waals surface area contributed by atoms with Crippen molar-refractivity contribution in [2.45, 2.75) is 40.5 Å². The Labute approximate surface area is 181 Å². The molecule has 2 aromatic carbocycles. The van der Waals surface area contributed by atoms with Crippen molar-refractivity contribution in [3.8, 4) is 17.2 Å². The summed E-state index contributed by atoms with van der Waals surface area (Å²) in [6, 6.07) is 9.48. The predicted octanol–water partition coefficient (Wildman–Crippen LogP) is 5.87. The van der Waals surface area contributed by atoms with Gasteiger partial charge in [0.25, 0.3) is 5.91 Å². The molecule has 3 aromatic rings. The van der Waals surface area contributed by atoms with Crippen LogP contribution in [-0.2, 0) is 0 Å². The van der Waals surface area contributed by atoms with E-state index in [1.54, 1.807) is 12.1 Å². The number of fused-ring (bicyclic) bond motifs is 1. The number of ether oxygens (including phenoxy) is 3. The zero-order valence-electron chi connectivity index (χ0n) is 18.1. The monoisotopic (exact) mass is 428 g/mol. The molecular weight excluding hydrogens is 400 g/mol. The summed E-state index contributed by atoms with van der Waals surface area (Å²) in [7, 11) is 0. The summed E-state index contributed by atoms with van der Waals surface area (Å²) in [5.74, 6) is 1.57. The number of anilines is 1. The molecule has 0 aliphatic carbocycles. The van der Waals surface area contributed by atoms with Crippen molar-refractivity contribution in [3.63, 3.8) is 0 Å². The number of nitrogens with zero attached hydrogens (tertiary/aromatic N) is 1. The molecule has 1 amide bonds. The molecule has 0 fully saturated rings. The molecule has 6 nitrogen and oxygen atoms in total. The van der Waals surface area contributed by atoms with Crippen LogP contribution >= 0.6 is 11.3 Å². The Bertz CT molecular complexity index is 1000. The lowest BCUT2D eigenvalue weighted by atomic mass is 10.0. The standard InChI is InChI=1S/C23H28N2O4S/c1-6-27-17-12-15(13-18(28-7-2)21(17)29-8-3)22(26)25-23-24-20-16(14(4)5)10-9-11-19(20)30-23/h9-14H,6-8H2,1-5H3,(H,24,25,26). The Morgan fingerprint density at radius 1 is 1.03 bits per heavy atom. The molecule has 0 saturated carbocycles. The third kappa shape index (κ3) is 4.67. The van der Waals surface area contributed by atoms with Crippen molar-refractivity contribution in [3.05, 3.63) is 41.5 Å². The van der Waals surface area contributed by atoms with Gasteiger partial charge in [-0.25, -0.2) is 4.98 Å². The highest BCUT2D eigenvalue weighted by atomic mass is 32.1. The van der Waals surface area contributed by atoms with E-state index in [-0.39, 0.29) is 5.91 Å². The van der Waals surface area contributed by atoms with Crippen LogP contribution in [0.3, 0.4) is 0 Å². The number of para-hydroxylation sites is 1. The van der Waals surface area contributed by atoms with Crippen LogP contribution in [-0.4, -0.2) is 30.7 Å². The first-order valence-corrected chi connectivity index (χ1v) is 11.1. The first kappa shape index (κ1) is 21.9. The van der Waals surface area contributed by atoms with Gasteiger partial charge in [-0.3, -0.25) is 10.1 Å². The van der Waals surface area contributed by atoms with Gasteiger partial charge in [-0.1, -0.05) is 37.3 Å². The molecule has 1 N–H and O–H groups in total. The molecule has 0 spiro atoms. The Hall–Kier alpha value is -2.80. The summed E-state index contributed by atoms with van der Waals surface area (Å²) in [5.41, 5.74) is 2.53. The van der Waals surface area contributed by atoms with Crippen LogP contribution in [0.5, 0.6) is 17.2 Å². The van der Waals surface area contributed by atoms with Crippen LogP contribution in [0.25, 0.3) is 10.2 Å². The Kier molecular flexibility index (Phi) is 7.15. The quantitative estimate of drug-likeness (QED) is 0.462.